The van der Waals surface area contributed by atoms with E-state index in [4.69, 9.17) is 5.11 Å². The number of carbonyl (C=O) groups excluding carboxylic acids is 3. The average Bonchev–Trinajstić information content (AvgIpc) is 3.23. The van der Waals surface area contributed by atoms with Crippen LogP contribution in [0.1, 0.15) is 29.2 Å². The molecule has 2 aliphatic heterocycles. The van der Waals surface area contributed by atoms with Gasteiger partial charge in [0, 0.05) is 24.4 Å². The molecule has 1 aromatic rings. The van der Waals surface area contributed by atoms with Crippen molar-refractivity contribution >= 4 is 47.0 Å². The van der Waals surface area contributed by atoms with Gasteiger partial charge >= 0.3 is 29.6 Å². The molecule has 2 amide bonds. The van der Waals surface area contributed by atoms with E-state index in [0.29, 0.717) is 9.78 Å². The maximum Gasteiger partial charge on any atom is 1.00 e. The largest absolute Gasteiger partial charge is 1.00 e. The third kappa shape index (κ3) is 4.77. The number of nitrogens with zero attached hydrogens (tertiary/aromatic N) is 3. The number of hydrogen-bond donors (Lipinski definition) is 2. The van der Waals surface area contributed by atoms with Crippen molar-refractivity contribution in [2.45, 2.75) is 26.0 Å². The number of amides is 2. The van der Waals surface area contributed by atoms with Crippen LogP contribution >= 0.6 is 23.1 Å². The van der Waals surface area contributed by atoms with Crippen molar-refractivity contribution in [3.8, 4) is 0 Å². The predicted octanol–water partition coefficient (Wildman–Crippen LogP) is -3.27. The van der Waals surface area contributed by atoms with Gasteiger partial charge < -0.3 is 29.9 Å². The molecule has 12 heteroatoms. The molecule has 2 aliphatic rings. The number of hydrogen-bond acceptors (Lipinski definition) is 9. The first-order valence-electron chi connectivity index (χ1n) is 9.30. The zero-order chi connectivity index (χ0) is 22.2. The van der Waals surface area contributed by atoms with Crippen LogP contribution in [-0.4, -0.2) is 75.1 Å². The number of aliphatic hydroxyl groups is 2. The van der Waals surface area contributed by atoms with E-state index in [0.717, 1.165) is 11.8 Å². The molecule has 3 rings (SSSR count). The number of β-lactam (4-membered cyclic amide) rings is 1. The molecule has 31 heavy (non-hydrogen) atoms. The summed E-state index contributed by atoms with van der Waals surface area (Å²) in [5.41, 5.74) is 1.62. The molecule has 0 bridgehead atoms. The zero-order valence-electron chi connectivity index (χ0n) is 17.6. The van der Waals surface area contributed by atoms with Gasteiger partial charge in [-0.3, -0.25) is 9.59 Å². The molecular weight excluding hydrogens is 453 g/mol. The minimum Gasteiger partial charge on any atom is -0.543 e. The van der Waals surface area contributed by atoms with E-state index in [1.54, 1.807) is 18.5 Å². The van der Waals surface area contributed by atoms with E-state index < -0.39 is 29.9 Å². The molecule has 0 aromatic carbocycles. The number of carboxylic acids is 1. The Bertz CT molecular complexity index is 931. The number of rotatable bonds is 8. The van der Waals surface area contributed by atoms with E-state index in [9.17, 15) is 24.6 Å². The molecule has 2 N–H and O–H groups in total. The molecule has 1 fully saturated rings. The fourth-order valence-electron chi connectivity index (χ4n) is 3.80. The third-order valence-electron chi connectivity index (χ3n) is 5.30. The van der Waals surface area contributed by atoms with E-state index in [1.165, 1.54) is 33.6 Å². The van der Waals surface area contributed by atoms with E-state index in [2.05, 4.69) is 4.98 Å². The zero-order valence-corrected chi connectivity index (χ0v) is 21.3. The molecule has 4 atom stereocenters. The molecule has 0 saturated carbocycles. The summed E-state index contributed by atoms with van der Waals surface area (Å²) in [6.07, 6.45) is 0.796. The summed E-state index contributed by atoms with van der Waals surface area (Å²) >= 11 is 2.40. The first-order chi connectivity index (χ1) is 14.2. The van der Waals surface area contributed by atoms with Gasteiger partial charge in [-0.1, -0.05) is 18.7 Å². The van der Waals surface area contributed by atoms with Gasteiger partial charge in [0.05, 0.1) is 46.7 Å². The van der Waals surface area contributed by atoms with Crippen LogP contribution in [0.15, 0.2) is 21.5 Å². The summed E-state index contributed by atoms with van der Waals surface area (Å²) in [4.78, 5) is 44.2. The molecular formula is C19H22N3NaO6S2. The standard InChI is InChI=1S/C19H23N3O6S2.Na/c1-9-14-12(10(2)24)17(25)22(14)15(19(27)28)16(9)29-7-4-11-13(20-8-30-11)18(26)21(3)5-6-23;/h4,7-10,12,14,23-24H,5-6H2,1-3H3,(H,27,28);/q;+1/p-1/b7-4-;/t9-,10-,12-,14-;/m1./s1. The third-order valence-corrected chi connectivity index (χ3v) is 7.18. The molecule has 3 heterocycles. The van der Waals surface area contributed by atoms with Crippen LogP contribution in [0.3, 0.4) is 0 Å². The summed E-state index contributed by atoms with van der Waals surface area (Å²) in [7, 11) is 1.57. The smallest absolute Gasteiger partial charge is 0.543 e. The minimum atomic E-state index is -1.43. The number of fused-ring (bicyclic) bond motifs is 1. The van der Waals surface area contributed by atoms with Crippen molar-refractivity contribution in [1.82, 2.24) is 14.8 Å². The molecule has 1 saturated heterocycles. The molecule has 0 spiro atoms. The number of aliphatic hydroxyl groups excluding tert-OH is 2. The summed E-state index contributed by atoms with van der Waals surface area (Å²) in [5.74, 6) is -3.08. The van der Waals surface area contributed by atoms with Crippen LogP contribution in [0.5, 0.6) is 0 Å². The van der Waals surface area contributed by atoms with Crippen molar-refractivity contribution in [1.29, 1.82) is 0 Å². The number of carbonyl (C=O) groups is 3. The summed E-state index contributed by atoms with van der Waals surface area (Å²) in [5, 5.41) is 32.2. The normalized spacial score (nSPS) is 23.5. The first kappa shape index (κ1) is 26.0. The number of aliphatic carboxylic acids is 1. The Morgan fingerprint density at radius 1 is 1.48 bits per heavy atom. The summed E-state index contributed by atoms with van der Waals surface area (Å²) < 4.78 is 0. The first-order valence-corrected chi connectivity index (χ1v) is 11.1. The number of carboxylic acid groups (broad SMARTS) is 1. The Morgan fingerprint density at radius 2 is 2.16 bits per heavy atom. The Kier molecular flexibility index (Phi) is 8.91. The second kappa shape index (κ2) is 10.6. The second-order valence-corrected chi connectivity index (χ2v) is 9.02. The predicted molar refractivity (Wildman–Crippen MR) is 110 cm³/mol. The fraction of sp³-hybridized carbons (Fsp3) is 0.474. The van der Waals surface area contributed by atoms with Gasteiger partial charge in [-0.25, -0.2) is 4.98 Å². The Morgan fingerprint density at radius 3 is 2.74 bits per heavy atom. The minimum absolute atomic E-state index is 0. The van der Waals surface area contributed by atoms with Crippen LogP contribution in [0.25, 0.3) is 6.08 Å². The Balaban J connectivity index is 0.00000341. The van der Waals surface area contributed by atoms with Gasteiger partial charge in [0.15, 0.2) is 0 Å². The molecule has 162 valence electrons. The van der Waals surface area contributed by atoms with Crippen molar-refractivity contribution in [2.24, 2.45) is 11.8 Å². The van der Waals surface area contributed by atoms with Crippen molar-refractivity contribution < 1.29 is 59.3 Å². The monoisotopic (exact) mass is 475 g/mol. The van der Waals surface area contributed by atoms with Crippen molar-refractivity contribution in [3.05, 3.63) is 32.1 Å². The average molecular weight is 476 g/mol. The molecule has 0 aliphatic carbocycles. The van der Waals surface area contributed by atoms with Gasteiger partial charge in [0.25, 0.3) is 5.91 Å². The van der Waals surface area contributed by atoms with Gasteiger partial charge in [-0.2, -0.15) is 0 Å². The topological polar surface area (TPSA) is 134 Å². The Labute approximate surface area is 210 Å². The van der Waals surface area contributed by atoms with Crippen molar-refractivity contribution in [3.63, 3.8) is 0 Å². The van der Waals surface area contributed by atoms with E-state index >= 15 is 0 Å². The Hall–Kier alpha value is -1.21. The number of aromatic nitrogens is 1. The molecule has 1 aromatic heterocycles. The van der Waals surface area contributed by atoms with Gasteiger partial charge in [-0.05, 0) is 18.4 Å². The number of thiazole rings is 1. The van der Waals surface area contributed by atoms with Gasteiger partial charge in [0.2, 0.25) is 5.91 Å². The quantitative estimate of drug-likeness (QED) is 0.296. The maximum atomic E-state index is 12.4. The van der Waals surface area contributed by atoms with E-state index in [-0.39, 0.29) is 65.9 Å². The van der Waals surface area contributed by atoms with Crippen LogP contribution in [0.2, 0.25) is 0 Å². The number of likely N-dealkylation sites (N-methyl/N-ethyl adjacent to an activating group) is 1. The molecule has 0 radical (unpaired) electrons. The maximum absolute atomic E-state index is 12.4. The van der Waals surface area contributed by atoms with Crippen LogP contribution in [0.4, 0.5) is 0 Å². The molecule has 9 nitrogen and oxygen atoms in total. The van der Waals surface area contributed by atoms with Crippen LogP contribution in [-0.2, 0) is 9.59 Å². The fourth-order valence-corrected chi connectivity index (χ4v) is 5.56. The summed E-state index contributed by atoms with van der Waals surface area (Å²) in [6.45, 7) is 3.36. The van der Waals surface area contributed by atoms with E-state index in [1.807, 2.05) is 6.92 Å². The SMILES string of the molecule is C[C@@H](O)[C@H]1C(=O)N2C(C(=O)[O-])=C(S/C=C\c3scnc3C(=O)N(C)CCO)[C@H](C)[C@H]12.[Na+]. The van der Waals surface area contributed by atoms with Crippen LogP contribution < -0.4 is 34.7 Å². The number of thioether (sulfide) groups is 1. The van der Waals surface area contributed by atoms with Gasteiger partial charge in [0.1, 0.15) is 5.69 Å². The van der Waals surface area contributed by atoms with Crippen molar-refractivity contribution in [2.75, 3.05) is 20.2 Å². The summed E-state index contributed by atoms with van der Waals surface area (Å²) in [6, 6.07) is -0.408. The molecule has 0 unspecified atom stereocenters. The van der Waals surface area contributed by atoms with Gasteiger partial charge in [-0.15, -0.1) is 11.3 Å². The second-order valence-electron chi connectivity index (χ2n) is 7.19. The van der Waals surface area contributed by atoms with Crippen LogP contribution in [0, 0.1) is 11.8 Å².